The fourth-order valence-corrected chi connectivity index (χ4v) is 3.46. The van der Waals surface area contributed by atoms with Gasteiger partial charge in [-0.3, -0.25) is 4.79 Å². The van der Waals surface area contributed by atoms with Crippen molar-refractivity contribution < 1.29 is 9.18 Å². The quantitative estimate of drug-likeness (QED) is 0.829. The molecule has 2 aliphatic rings. The highest BCUT2D eigenvalue weighted by atomic mass is 35.5. The summed E-state index contributed by atoms with van der Waals surface area (Å²) in [6.07, 6.45) is 3.74. The zero-order chi connectivity index (χ0) is 14.1. The van der Waals surface area contributed by atoms with Crippen LogP contribution in [0, 0.1) is 11.7 Å². The predicted octanol–water partition coefficient (Wildman–Crippen LogP) is 3.36. The van der Waals surface area contributed by atoms with Crippen LogP contribution in [0.25, 0.3) is 0 Å². The zero-order valence-corrected chi connectivity index (χ0v) is 13.5. The fourth-order valence-electron chi connectivity index (χ4n) is 3.10. The Balaban J connectivity index is 0.00000161. The Bertz CT molecular complexity index is 509. The van der Waals surface area contributed by atoms with Gasteiger partial charge in [0, 0.05) is 17.2 Å². The van der Waals surface area contributed by atoms with Crippen molar-refractivity contribution in [1.82, 2.24) is 5.32 Å². The van der Waals surface area contributed by atoms with E-state index in [1.807, 2.05) is 6.07 Å². The van der Waals surface area contributed by atoms with Crippen LogP contribution in [0.3, 0.4) is 0 Å². The van der Waals surface area contributed by atoms with Crippen molar-refractivity contribution >= 4 is 30.8 Å². The Labute approximate surface area is 136 Å². The number of benzene rings is 1. The highest BCUT2D eigenvalue weighted by Gasteiger charge is 2.41. The SMILES string of the molecule is Cl.O=C(C1CC1)C(c1ccccc1F)C1CC(S)CCN1. The molecule has 1 saturated heterocycles. The molecule has 1 aliphatic heterocycles. The number of thiol groups is 1. The van der Waals surface area contributed by atoms with Crippen LogP contribution in [0.1, 0.15) is 37.2 Å². The molecule has 1 aliphatic carbocycles. The highest BCUT2D eigenvalue weighted by molar-refractivity contribution is 7.80. The maximum absolute atomic E-state index is 14.1. The zero-order valence-electron chi connectivity index (χ0n) is 11.8. The van der Waals surface area contributed by atoms with Gasteiger partial charge in [-0.05, 0) is 43.9 Å². The minimum absolute atomic E-state index is 0. The molecule has 3 atom stereocenters. The van der Waals surface area contributed by atoms with E-state index in [-0.39, 0.29) is 41.9 Å². The molecule has 1 N–H and O–H groups in total. The van der Waals surface area contributed by atoms with Crippen molar-refractivity contribution in [1.29, 1.82) is 0 Å². The second-order valence-electron chi connectivity index (χ2n) is 5.91. The first kappa shape index (κ1) is 16.8. The Kier molecular flexibility index (Phi) is 5.69. The molecule has 2 fully saturated rings. The van der Waals surface area contributed by atoms with Crippen molar-refractivity contribution in [3.05, 3.63) is 35.6 Å². The van der Waals surface area contributed by atoms with Gasteiger partial charge in [0.1, 0.15) is 11.6 Å². The number of piperidine rings is 1. The topological polar surface area (TPSA) is 29.1 Å². The molecule has 3 unspecified atom stereocenters. The van der Waals surface area contributed by atoms with E-state index in [1.165, 1.54) is 6.07 Å². The summed E-state index contributed by atoms with van der Waals surface area (Å²) in [4.78, 5) is 12.6. The van der Waals surface area contributed by atoms with Crippen molar-refractivity contribution in [2.75, 3.05) is 6.54 Å². The second kappa shape index (κ2) is 7.12. The number of Topliss-reactive ketones (excluding diaryl/α,β-unsaturated/α-hetero) is 1. The van der Waals surface area contributed by atoms with Crippen LogP contribution in [0.15, 0.2) is 24.3 Å². The van der Waals surface area contributed by atoms with Gasteiger partial charge in [0.05, 0.1) is 5.92 Å². The number of hydrogen-bond donors (Lipinski definition) is 2. The minimum Gasteiger partial charge on any atom is -0.313 e. The molecule has 1 aromatic rings. The molecule has 1 aromatic carbocycles. The number of nitrogens with one attached hydrogen (secondary N) is 1. The maximum atomic E-state index is 14.1. The van der Waals surface area contributed by atoms with E-state index < -0.39 is 0 Å². The van der Waals surface area contributed by atoms with Gasteiger partial charge < -0.3 is 5.32 Å². The molecule has 5 heteroatoms. The summed E-state index contributed by atoms with van der Waals surface area (Å²) in [5.41, 5.74) is 0.546. The van der Waals surface area contributed by atoms with Crippen LogP contribution in [-0.2, 0) is 4.79 Å². The third kappa shape index (κ3) is 3.79. The normalized spacial score (nSPS) is 26.8. The van der Waals surface area contributed by atoms with Crippen molar-refractivity contribution in [3.63, 3.8) is 0 Å². The van der Waals surface area contributed by atoms with Crippen molar-refractivity contribution in [2.45, 2.75) is 42.9 Å². The standard InChI is InChI=1S/C16H20FNOS.ClH/c17-13-4-2-1-3-12(13)15(16(19)10-5-6-10)14-9-11(20)7-8-18-14;/h1-4,10-11,14-15,18,20H,5-9H2;1H. The van der Waals surface area contributed by atoms with Gasteiger partial charge in [0.25, 0.3) is 0 Å². The average molecular weight is 330 g/mol. The first-order chi connectivity index (χ1) is 9.66. The largest absolute Gasteiger partial charge is 0.313 e. The molecular formula is C16H21ClFNOS. The predicted molar refractivity (Wildman–Crippen MR) is 87.9 cm³/mol. The number of rotatable bonds is 4. The van der Waals surface area contributed by atoms with Gasteiger partial charge in [-0.15, -0.1) is 12.4 Å². The maximum Gasteiger partial charge on any atom is 0.145 e. The van der Waals surface area contributed by atoms with Gasteiger partial charge in [-0.1, -0.05) is 18.2 Å². The summed E-state index contributed by atoms with van der Waals surface area (Å²) in [6, 6.07) is 6.70. The van der Waals surface area contributed by atoms with Crippen LogP contribution in [-0.4, -0.2) is 23.6 Å². The van der Waals surface area contributed by atoms with Gasteiger partial charge in [-0.2, -0.15) is 12.6 Å². The molecule has 0 amide bonds. The summed E-state index contributed by atoms with van der Waals surface area (Å²) in [7, 11) is 0. The van der Waals surface area contributed by atoms with Gasteiger partial charge in [0.2, 0.25) is 0 Å². The minimum atomic E-state index is -0.362. The van der Waals surface area contributed by atoms with E-state index in [4.69, 9.17) is 0 Å². The van der Waals surface area contributed by atoms with E-state index in [0.29, 0.717) is 10.8 Å². The van der Waals surface area contributed by atoms with Crippen LogP contribution in [0.4, 0.5) is 4.39 Å². The molecule has 116 valence electrons. The number of carbonyl (C=O) groups excluding carboxylic acids is 1. The molecular weight excluding hydrogens is 309 g/mol. The molecule has 0 spiro atoms. The lowest BCUT2D eigenvalue weighted by atomic mass is 9.81. The summed E-state index contributed by atoms with van der Waals surface area (Å²) in [5, 5.41) is 3.70. The van der Waals surface area contributed by atoms with Gasteiger partial charge in [0.15, 0.2) is 0 Å². The van der Waals surface area contributed by atoms with E-state index in [2.05, 4.69) is 17.9 Å². The molecule has 2 nitrogen and oxygen atoms in total. The summed E-state index contributed by atoms with van der Waals surface area (Å²) in [6.45, 7) is 0.849. The molecule has 1 heterocycles. The lowest BCUT2D eigenvalue weighted by molar-refractivity contribution is -0.122. The third-order valence-corrected chi connectivity index (χ3v) is 4.81. The molecule has 0 radical (unpaired) electrons. The molecule has 0 bridgehead atoms. The lowest BCUT2D eigenvalue weighted by Gasteiger charge is -2.33. The van der Waals surface area contributed by atoms with Crippen LogP contribution in [0.5, 0.6) is 0 Å². The third-order valence-electron chi connectivity index (χ3n) is 4.34. The first-order valence-electron chi connectivity index (χ1n) is 7.36. The van der Waals surface area contributed by atoms with Gasteiger partial charge in [-0.25, -0.2) is 4.39 Å². The Morgan fingerprint density at radius 1 is 1.29 bits per heavy atom. The molecule has 0 aromatic heterocycles. The molecule has 1 saturated carbocycles. The van der Waals surface area contributed by atoms with Crippen LogP contribution in [0.2, 0.25) is 0 Å². The first-order valence-corrected chi connectivity index (χ1v) is 7.88. The highest BCUT2D eigenvalue weighted by Crippen LogP contribution is 2.39. The van der Waals surface area contributed by atoms with Crippen molar-refractivity contribution in [2.24, 2.45) is 5.92 Å². The van der Waals surface area contributed by atoms with E-state index in [1.54, 1.807) is 12.1 Å². The van der Waals surface area contributed by atoms with Gasteiger partial charge >= 0.3 is 0 Å². The second-order valence-corrected chi connectivity index (χ2v) is 6.64. The smallest absolute Gasteiger partial charge is 0.145 e. The number of ketones is 1. The molecule has 3 rings (SSSR count). The Hall–Kier alpha value is -0.580. The van der Waals surface area contributed by atoms with Crippen LogP contribution < -0.4 is 5.32 Å². The van der Waals surface area contributed by atoms with E-state index >= 15 is 0 Å². The van der Waals surface area contributed by atoms with Crippen LogP contribution >= 0.6 is 25.0 Å². The monoisotopic (exact) mass is 329 g/mol. The summed E-state index contributed by atoms with van der Waals surface area (Å²) >= 11 is 4.54. The van der Waals surface area contributed by atoms with E-state index in [0.717, 1.165) is 32.2 Å². The fraction of sp³-hybridized carbons (Fsp3) is 0.562. The average Bonchev–Trinajstić information content (AvgIpc) is 3.26. The Morgan fingerprint density at radius 3 is 2.62 bits per heavy atom. The molecule has 21 heavy (non-hydrogen) atoms. The summed E-state index contributed by atoms with van der Waals surface area (Å²) in [5.74, 6) is -0.287. The number of carbonyl (C=O) groups is 1. The summed E-state index contributed by atoms with van der Waals surface area (Å²) < 4.78 is 14.1. The number of hydrogen-bond acceptors (Lipinski definition) is 3. The van der Waals surface area contributed by atoms with Crippen molar-refractivity contribution in [3.8, 4) is 0 Å². The lowest BCUT2D eigenvalue weighted by Crippen LogP contribution is -2.45. The number of halogens is 2. The van der Waals surface area contributed by atoms with E-state index in [9.17, 15) is 9.18 Å². The Morgan fingerprint density at radius 2 is 2.00 bits per heavy atom.